The zero-order valence-electron chi connectivity index (χ0n) is 5.50. The van der Waals surface area contributed by atoms with Crippen LogP contribution in [-0.4, -0.2) is 32.9 Å². The Morgan fingerprint density at radius 3 is 2.18 bits per heavy atom. The standard InChI is InChI=1S/C4H8O5S2/c5-10(6)3-1-2-4-11(7,8)9/h1-2,10H,3-4H2,(H,7,8,9)/b2-1+. The minimum atomic E-state index is -4.01. The molecule has 0 heterocycles. The summed E-state index contributed by atoms with van der Waals surface area (Å²) in [4.78, 5) is 0. The second-order valence-electron chi connectivity index (χ2n) is 1.74. The van der Waals surface area contributed by atoms with Gasteiger partial charge in [-0.05, 0) is 0 Å². The van der Waals surface area contributed by atoms with Gasteiger partial charge in [-0.1, -0.05) is 12.2 Å². The van der Waals surface area contributed by atoms with Gasteiger partial charge in [0.1, 0.15) is 10.7 Å². The van der Waals surface area contributed by atoms with Crippen LogP contribution in [0.1, 0.15) is 0 Å². The molecule has 0 spiro atoms. The number of hydrogen-bond acceptors (Lipinski definition) is 4. The van der Waals surface area contributed by atoms with E-state index in [4.69, 9.17) is 4.55 Å². The monoisotopic (exact) mass is 200 g/mol. The largest absolute Gasteiger partial charge is 0.285 e. The lowest BCUT2D eigenvalue weighted by atomic mass is 10.6. The van der Waals surface area contributed by atoms with Gasteiger partial charge in [0.2, 0.25) is 0 Å². The normalized spacial score (nSPS) is 12.9. The van der Waals surface area contributed by atoms with Crippen LogP contribution in [0.25, 0.3) is 0 Å². The summed E-state index contributed by atoms with van der Waals surface area (Å²) in [6.45, 7) is 0. The van der Waals surface area contributed by atoms with E-state index < -0.39 is 26.6 Å². The molecule has 0 atom stereocenters. The van der Waals surface area contributed by atoms with Crippen LogP contribution in [-0.2, 0) is 20.8 Å². The van der Waals surface area contributed by atoms with Gasteiger partial charge < -0.3 is 0 Å². The summed E-state index contributed by atoms with van der Waals surface area (Å²) < 4.78 is 48.0. The van der Waals surface area contributed by atoms with Gasteiger partial charge in [-0.3, -0.25) is 4.55 Å². The summed E-state index contributed by atoms with van der Waals surface area (Å²) in [5, 5.41) is 0. The lowest BCUT2D eigenvalue weighted by Gasteiger charge is -1.85. The van der Waals surface area contributed by atoms with E-state index in [9.17, 15) is 16.8 Å². The van der Waals surface area contributed by atoms with E-state index in [1.165, 1.54) is 6.08 Å². The van der Waals surface area contributed by atoms with E-state index in [2.05, 4.69) is 0 Å². The second kappa shape index (κ2) is 4.47. The summed E-state index contributed by atoms with van der Waals surface area (Å²) in [5.41, 5.74) is 0. The lowest BCUT2D eigenvalue weighted by Crippen LogP contribution is -2.00. The molecule has 0 unspecified atom stereocenters. The first kappa shape index (κ1) is 10.6. The Morgan fingerprint density at radius 2 is 1.82 bits per heavy atom. The van der Waals surface area contributed by atoms with Crippen LogP contribution in [0.4, 0.5) is 0 Å². The molecule has 0 fully saturated rings. The second-order valence-corrected chi connectivity index (χ2v) is 4.26. The first-order valence-electron chi connectivity index (χ1n) is 2.64. The van der Waals surface area contributed by atoms with Gasteiger partial charge in [0.05, 0.1) is 11.5 Å². The molecule has 7 heteroatoms. The first-order valence-corrected chi connectivity index (χ1v) is 5.61. The number of rotatable bonds is 4. The Kier molecular flexibility index (Phi) is 4.31. The SMILES string of the molecule is O=[SH](=O)C/C=C/CS(=O)(=O)O. The van der Waals surface area contributed by atoms with E-state index in [1.807, 2.05) is 0 Å². The maximum atomic E-state index is 10.0. The highest BCUT2D eigenvalue weighted by Gasteiger charge is 1.97. The van der Waals surface area contributed by atoms with Crippen molar-refractivity contribution in [2.45, 2.75) is 0 Å². The molecule has 0 aliphatic carbocycles. The highest BCUT2D eigenvalue weighted by Crippen LogP contribution is 1.83. The van der Waals surface area contributed by atoms with Crippen molar-refractivity contribution in [2.75, 3.05) is 11.5 Å². The minimum absolute atomic E-state index is 0.204. The van der Waals surface area contributed by atoms with Crippen LogP contribution in [0.15, 0.2) is 12.2 Å². The van der Waals surface area contributed by atoms with Crippen LogP contribution in [0, 0.1) is 0 Å². The molecule has 0 aliphatic heterocycles. The molecule has 0 bridgehead atoms. The maximum Gasteiger partial charge on any atom is 0.268 e. The molecule has 0 aromatic rings. The molecular weight excluding hydrogens is 192 g/mol. The van der Waals surface area contributed by atoms with Crippen molar-refractivity contribution >= 4 is 20.8 Å². The van der Waals surface area contributed by atoms with Crippen molar-refractivity contribution in [1.82, 2.24) is 0 Å². The molecule has 0 aromatic carbocycles. The van der Waals surface area contributed by atoms with E-state index in [0.717, 1.165) is 6.08 Å². The number of thiol groups is 1. The van der Waals surface area contributed by atoms with Gasteiger partial charge in [0.15, 0.2) is 0 Å². The summed E-state index contributed by atoms with van der Waals surface area (Å²) >= 11 is 0. The molecule has 0 radical (unpaired) electrons. The zero-order valence-corrected chi connectivity index (χ0v) is 7.22. The van der Waals surface area contributed by atoms with Crippen molar-refractivity contribution in [2.24, 2.45) is 0 Å². The van der Waals surface area contributed by atoms with E-state index in [0.29, 0.717) is 0 Å². The minimum Gasteiger partial charge on any atom is -0.285 e. The van der Waals surface area contributed by atoms with Crippen LogP contribution in [0.3, 0.4) is 0 Å². The summed E-state index contributed by atoms with van der Waals surface area (Å²) in [5.74, 6) is -0.749. The Bertz CT molecular complexity index is 288. The third-order valence-corrected chi connectivity index (χ3v) is 1.85. The van der Waals surface area contributed by atoms with E-state index in [1.54, 1.807) is 0 Å². The quantitative estimate of drug-likeness (QED) is 0.347. The van der Waals surface area contributed by atoms with Gasteiger partial charge in [-0.2, -0.15) is 8.42 Å². The van der Waals surface area contributed by atoms with Crippen LogP contribution in [0.2, 0.25) is 0 Å². The Balaban J connectivity index is 3.81. The number of hydrogen-bond donors (Lipinski definition) is 2. The Morgan fingerprint density at radius 1 is 1.27 bits per heavy atom. The highest BCUT2D eigenvalue weighted by molar-refractivity contribution is 7.85. The van der Waals surface area contributed by atoms with Crippen LogP contribution < -0.4 is 0 Å². The van der Waals surface area contributed by atoms with Crippen molar-refractivity contribution in [3.05, 3.63) is 12.2 Å². The molecule has 0 rings (SSSR count). The Labute approximate surface area is 66.4 Å². The fourth-order valence-corrected chi connectivity index (χ4v) is 1.05. The molecule has 0 amide bonds. The van der Waals surface area contributed by atoms with Gasteiger partial charge in [0.25, 0.3) is 10.1 Å². The van der Waals surface area contributed by atoms with Gasteiger partial charge in [-0.25, -0.2) is 8.42 Å². The molecule has 0 aromatic heterocycles. The molecule has 0 aliphatic rings. The lowest BCUT2D eigenvalue weighted by molar-refractivity contribution is 0.486. The van der Waals surface area contributed by atoms with Crippen molar-refractivity contribution in [1.29, 1.82) is 0 Å². The average Bonchev–Trinajstić information content (AvgIpc) is 1.78. The molecule has 5 nitrogen and oxygen atoms in total. The Hall–Kier alpha value is -0.400. The predicted octanol–water partition coefficient (Wildman–Crippen LogP) is -0.958. The van der Waals surface area contributed by atoms with Gasteiger partial charge >= 0.3 is 0 Å². The topological polar surface area (TPSA) is 88.5 Å². The zero-order chi connectivity index (χ0) is 8.91. The van der Waals surface area contributed by atoms with Gasteiger partial charge in [0, 0.05) is 0 Å². The molecule has 66 valence electrons. The van der Waals surface area contributed by atoms with Crippen LogP contribution in [0.5, 0.6) is 0 Å². The van der Waals surface area contributed by atoms with E-state index in [-0.39, 0.29) is 5.75 Å². The van der Waals surface area contributed by atoms with Crippen molar-refractivity contribution < 1.29 is 21.4 Å². The smallest absolute Gasteiger partial charge is 0.268 e. The first-order chi connectivity index (χ1) is 4.92. The molecule has 11 heavy (non-hydrogen) atoms. The van der Waals surface area contributed by atoms with Crippen molar-refractivity contribution in [3.8, 4) is 0 Å². The molecular formula is C4H8O5S2. The fourth-order valence-electron chi connectivity index (χ4n) is 0.350. The van der Waals surface area contributed by atoms with Crippen LogP contribution >= 0.6 is 0 Å². The predicted molar refractivity (Wildman–Crippen MR) is 40.7 cm³/mol. The molecule has 0 saturated carbocycles. The highest BCUT2D eigenvalue weighted by atomic mass is 32.2. The summed E-state index contributed by atoms with van der Waals surface area (Å²) in [6.07, 6.45) is 2.25. The van der Waals surface area contributed by atoms with E-state index >= 15 is 0 Å². The fraction of sp³-hybridized carbons (Fsp3) is 0.500. The van der Waals surface area contributed by atoms with Crippen molar-refractivity contribution in [3.63, 3.8) is 0 Å². The summed E-state index contributed by atoms with van der Waals surface area (Å²) in [6, 6.07) is 0. The maximum absolute atomic E-state index is 10.0. The molecule has 0 saturated heterocycles. The third-order valence-electron chi connectivity index (χ3n) is 0.728. The van der Waals surface area contributed by atoms with Gasteiger partial charge in [-0.15, -0.1) is 0 Å². The average molecular weight is 200 g/mol. The molecule has 1 N–H and O–H groups in total. The third kappa shape index (κ3) is 9.60. The summed E-state index contributed by atoms with van der Waals surface area (Å²) in [7, 11) is -6.52.